The number of nitrogens with zero attached hydrogens (tertiary/aromatic N) is 1. The molecule has 2 aromatic carbocycles. The molecular weight excluding hydrogens is 445 g/mol. The first-order valence-corrected chi connectivity index (χ1v) is 9.99. The van der Waals surface area contributed by atoms with E-state index >= 15 is 0 Å². The van der Waals surface area contributed by atoms with Crippen molar-refractivity contribution in [3.05, 3.63) is 83.2 Å². The highest BCUT2D eigenvalue weighted by atomic mass is 79.9. The lowest BCUT2D eigenvalue weighted by Crippen LogP contribution is -2.18. The molecule has 0 amide bonds. The summed E-state index contributed by atoms with van der Waals surface area (Å²) in [7, 11) is 2.03. The summed E-state index contributed by atoms with van der Waals surface area (Å²) in [6.45, 7) is 6.25. The molecule has 0 atom stereocenters. The Labute approximate surface area is 166 Å². The molecule has 132 valence electrons. The van der Waals surface area contributed by atoms with Crippen LogP contribution < -0.4 is 4.90 Å². The Morgan fingerprint density at radius 1 is 1.24 bits per heavy atom. The number of halogens is 3. The van der Waals surface area contributed by atoms with E-state index in [2.05, 4.69) is 55.5 Å². The average molecular weight is 467 g/mol. The first-order chi connectivity index (χ1) is 12.0. The quantitative estimate of drug-likeness (QED) is 0.318. The highest BCUT2D eigenvalue weighted by Crippen LogP contribution is 2.35. The number of alkyl halides is 1. The van der Waals surface area contributed by atoms with Crippen LogP contribution in [-0.4, -0.2) is 12.4 Å². The number of hydrogen-bond acceptors (Lipinski definition) is 1. The maximum Gasteiger partial charge on any atom is 0.126 e. The molecule has 0 fully saturated rings. The van der Waals surface area contributed by atoms with Gasteiger partial charge in [0.05, 0.1) is 0 Å². The average Bonchev–Trinajstić information content (AvgIpc) is 2.62. The van der Waals surface area contributed by atoms with Gasteiger partial charge in [-0.05, 0) is 42.2 Å². The first-order valence-electron chi connectivity index (χ1n) is 8.07. The molecule has 0 aromatic heterocycles. The van der Waals surface area contributed by atoms with Crippen molar-refractivity contribution in [2.45, 2.75) is 19.9 Å². The molecular formula is C21H22Br2FN. The van der Waals surface area contributed by atoms with Gasteiger partial charge >= 0.3 is 0 Å². The lowest BCUT2D eigenvalue weighted by molar-refractivity contribution is 0.616. The molecule has 0 bridgehead atoms. The topological polar surface area (TPSA) is 3.24 Å². The Morgan fingerprint density at radius 2 is 1.96 bits per heavy atom. The summed E-state index contributed by atoms with van der Waals surface area (Å²) in [6.07, 6.45) is 2.71. The van der Waals surface area contributed by atoms with E-state index in [0.29, 0.717) is 12.1 Å². The van der Waals surface area contributed by atoms with Gasteiger partial charge in [-0.1, -0.05) is 68.3 Å². The van der Waals surface area contributed by atoms with Crippen molar-refractivity contribution in [3.63, 3.8) is 0 Å². The molecule has 0 aliphatic heterocycles. The van der Waals surface area contributed by atoms with Crippen molar-refractivity contribution < 1.29 is 4.39 Å². The van der Waals surface area contributed by atoms with Crippen molar-refractivity contribution in [3.8, 4) is 0 Å². The van der Waals surface area contributed by atoms with Gasteiger partial charge in [-0.2, -0.15) is 0 Å². The van der Waals surface area contributed by atoms with E-state index in [4.69, 9.17) is 0 Å². The van der Waals surface area contributed by atoms with E-state index in [1.165, 1.54) is 5.57 Å². The maximum atomic E-state index is 13.8. The van der Waals surface area contributed by atoms with Crippen LogP contribution in [0.15, 0.2) is 60.7 Å². The van der Waals surface area contributed by atoms with Gasteiger partial charge < -0.3 is 4.90 Å². The summed E-state index contributed by atoms with van der Waals surface area (Å²) >= 11 is 7.31. The van der Waals surface area contributed by atoms with Gasteiger partial charge in [0.15, 0.2) is 0 Å². The molecule has 0 unspecified atom stereocenters. The van der Waals surface area contributed by atoms with E-state index in [9.17, 15) is 4.39 Å². The van der Waals surface area contributed by atoms with Crippen LogP contribution in [0.25, 0.3) is 4.48 Å². The summed E-state index contributed by atoms with van der Waals surface area (Å²) in [5.74, 6) is -0.159. The van der Waals surface area contributed by atoms with Crippen LogP contribution in [0.5, 0.6) is 0 Å². The summed E-state index contributed by atoms with van der Waals surface area (Å²) in [5, 5.41) is 0.779. The van der Waals surface area contributed by atoms with Crippen LogP contribution in [0, 0.1) is 12.7 Å². The van der Waals surface area contributed by atoms with Gasteiger partial charge in [-0.15, -0.1) is 6.58 Å². The van der Waals surface area contributed by atoms with Gasteiger partial charge in [-0.25, -0.2) is 4.39 Å². The standard InChI is InChI=1S/C21H22Br2FN/c1-4-7-17(13-22)21(23)18-8-5-6-9-20(18)25(3)14-16-11-10-15(2)19(24)12-16/h4-6,8-12H,1,7,13-14H2,2-3H3/b21-17-. The van der Waals surface area contributed by atoms with Crippen LogP contribution in [0.4, 0.5) is 10.1 Å². The van der Waals surface area contributed by atoms with Gasteiger partial charge in [0.25, 0.3) is 0 Å². The van der Waals surface area contributed by atoms with Crippen molar-refractivity contribution in [2.24, 2.45) is 0 Å². The third kappa shape index (κ3) is 5.05. The van der Waals surface area contributed by atoms with Crippen LogP contribution in [0.1, 0.15) is 23.1 Å². The smallest absolute Gasteiger partial charge is 0.126 e. The fourth-order valence-corrected chi connectivity index (χ4v) is 4.18. The molecule has 0 heterocycles. The Bertz CT molecular complexity index is 783. The molecule has 0 N–H and O–H groups in total. The summed E-state index contributed by atoms with van der Waals surface area (Å²) in [5.41, 5.74) is 5.07. The van der Waals surface area contributed by atoms with Gasteiger partial charge in [0.1, 0.15) is 5.82 Å². The molecule has 0 spiro atoms. The fourth-order valence-electron chi connectivity index (χ4n) is 2.65. The number of anilines is 1. The van der Waals surface area contributed by atoms with Crippen molar-refractivity contribution in [1.29, 1.82) is 0 Å². The molecule has 0 radical (unpaired) electrons. The number of allylic oxidation sites excluding steroid dienone is 2. The van der Waals surface area contributed by atoms with Crippen molar-refractivity contribution in [2.75, 3.05) is 17.3 Å². The summed E-state index contributed by atoms with van der Waals surface area (Å²) in [4.78, 5) is 2.14. The highest BCUT2D eigenvalue weighted by molar-refractivity contribution is 9.15. The SMILES string of the molecule is C=CC/C(CBr)=C(/Br)c1ccccc1N(C)Cc1ccc(C)c(F)c1. The van der Waals surface area contributed by atoms with Gasteiger partial charge in [0, 0.05) is 34.7 Å². The molecule has 2 aromatic rings. The Kier molecular flexibility index (Phi) is 7.45. The van der Waals surface area contributed by atoms with Crippen molar-refractivity contribution in [1.82, 2.24) is 0 Å². The summed E-state index contributed by atoms with van der Waals surface area (Å²) < 4.78 is 14.9. The molecule has 0 saturated heterocycles. The molecule has 0 saturated carbocycles. The van der Waals surface area contributed by atoms with E-state index < -0.39 is 0 Å². The van der Waals surface area contributed by atoms with E-state index in [1.54, 1.807) is 13.0 Å². The number of aryl methyl sites for hydroxylation is 1. The molecule has 4 heteroatoms. The Hall–Kier alpha value is -1.39. The Balaban J connectivity index is 2.36. The van der Waals surface area contributed by atoms with Gasteiger partial charge in [-0.3, -0.25) is 0 Å². The van der Waals surface area contributed by atoms with Crippen LogP contribution >= 0.6 is 31.9 Å². The monoisotopic (exact) mass is 465 g/mol. The number of rotatable bonds is 7. The first kappa shape index (κ1) is 19.9. The second-order valence-corrected chi connectivity index (χ2v) is 7.35. The molecule has 2 rings (SSSR count). The second-order valence-electron chi connectivity index (χ2n) is 6.00. The minimum atomic E-state index is -0.159. The highest BCUT2D eigenvalue weighted by Gasteiger charge is 2.13. The predicted octanol–water partition coefficient (Wildman–Crippen LogP) is 6.85. The normalized spacial score (nSPS) is 11.9. The van der Waals surface area contributed by atoms with Gasteiger partial charge in [0.2, 0.25) is 0 Å². The summed E-state index contributed by atoms with van der Waals surface area (Å²) in [6, 6.07) is 13.6. The zero-order valence-corrected chi connectivity index (χ0v) is 17.7. The minimum absolute atomic E-state index is 0.159. The molecule has 0 aliphatic carbocycles. The molecule has 1 nitrogen and oxygen atoms in total. The number of hydrogen-bond donors (Lipinski definition) is 0. The fraction of sp³-hybridized carbons (Fsp3) is 0.238. The maximum absolute atomic E-state index is 13.8. The number of para-hydroxylation sites is 1. The third-order valence-electron chi connectivity index (χ3n) is 4.07. The van der Waals surface area contributed by atoms with E-state index in [-0.39, 0.29) is 5.82 Å². The minimum Gasteiger partial charge on any atom is -0.370 e. The molecule has 25 heavy (non-hydrogen) atoms. The zero-order valence-electron chi connectivity index (χ0n) is 14.5. The largest absolute Gasteiger partial charge is 0.370 e. The van der Waals surface area contributed by atoms with Crippen LogP contribution in [-0.2, 0) is 6.54 Å². The number of benzene rings is 2. The lowest BCUT2D eigenvalue weighted by atomic mass is 10.1. The second kappa shape index (κ2) is 9.35. The van der Waals surface area contributed by atoms with Crippen LogP contribution in [0.3, 0.4) is 0 Å². The van der Waals surface area contributed by atoms with Crippen LogP contribution in [0.2, 0.25) is 0 Å². The predicted molar refractivity (Wildman–Crippen MR) is 114 cm³/mol. The van der Waals surface area contributed by atoms with E-state index in [0.717, 1.165) is 33.0 Å². The lowest BCUT2D eigenvalue weighted by Gasteiger charge is -2.23. The zero-order chi connectivity index (χ0) is 18.4. The van der Waals surface area contributed by atoms with E-state index in [1.807, 2.05) is 37.4 Å². The Morgan fingerprint density at radius 3 is 2.60 bits per heavy atom. The third-order valence-corrected chi connectivity index (χ3v) is 5.73. The molecule has 0 aliphatic rings. The van der Waals surface area contributed by atoms with Crippen molar-refractivity contribution >= 4 is 42.0 Å².